The third kappa shape index (κ3) is 9.10. The largest absolute Gasteiger partial charge is 0.309 e. The highest BCUT2D eigenvalue weighted by Gasteiger charge is 2.22. The molecule has 15 aromatic carbocycles. The molecule has 0 amide bonds. The molecule has 0 bridgehead atoms. The fourth-order valence-corrected chi connectivity index (χ4v) is 15.9. The highest BCUT2D eigenvalue weighted by atomic mass is 15.4. The van der Waals surface area contributed by atoms with Crippen molar-refractivity contribution in [3.05, 3.63) is 369 Å². The molecule has 0 saturated carbocycles. The minimum absolute atomic E-state index is 0.388. The number of nitrogens with zero attached hydrogens (tertiary/aromatic N) is 5. The maximum Gasteiger partial charge on any atom is 0.0710 e. The van der Waals surface area contributed by atoms with Gasteiger partial charge in [-0.2, -0.15) is 0 Å². The molecule has 2 N–H and O–H groups in total. The van der Waals surface area contributed by atoms with E-state index >= 15 is 0 Å². The van der Waals surface area contributed by atoms with Gasteiger partial charge < -0.3 is 23.7 Å². The molecule has 7 nitrogen and oxygen atoms in total. The van der Waals surface area contributed by atoms with E-state index in [0.29, 0.717) is 5.71 Å². The van der Waals surface area contributed by atoms with E-state index in [9.17, 15) is 5.41 Å². The molecule has 0 radical (unpaired) electrons. The number of allylic oxidation sites excluding steroid dienone is 1. The van der Waals surface area contributed by atoms with Gasteiger partial charge in [-0.05, 0) is 191 Å². The molecule has 0 aliphatic heterocycles. The van der Waals surface area contributed by atoms with Crippen molar-refractivity contribution in [2.45, 2.75) is 0 Å². The Labute approximate surface area is 575 Å². The Morgan fingerprint density at radius 1 is 0.220 bits per heavy atom. The van der Waals surface area contributed by atoms with Crippen molar-refractivity contribution in [2.24, 2.45) is 0 Å². The SMILES string of the molecule is N=C(/C=C(\Nn1c2ccc(-c3ccc4c(c3)c3ccccc3n4-c3ccccc3)cc2c2cc(-c3ccc4c(c3)c3ccccc3n4-c3ccccc3)ccc21)c1cccc(-n2c3ccccc3c3cc(-c4ccc5c(c4)c4ccccc4n5-c4ccccc4)ccc32)c1)c1ccccc1. The Morgan fingerprint density at radius 2 is 0.480 bits per heavy atom. The first-order valence-corrected chi connectivity index (χ1v) is 34.1. The summed E-state index contributed by atoms with van der Waals surface area (Å²) in [4.78, 5) is 0. The number of nitrogens with one attached hydrogen (secondary N) is 2. The predicted octanol–water partition coefficient (Wildman–Crippen LogP) is 23.8. The highest BCUT2D eigenvalue weighted by molar-refractivity contribution is 6.17. The molecule has 5 aromatic heterocycles. The van der Waals surface area contributed by atoms with Gasteiger partial charge in [-0.3, -0.25) is 10.1 Å². The average Bonchev–Trinajstić information content (AvgIpc) is 1.61. The summed E-state index contributed by atoms with van der Waals surface area (Å²) >= 11 is 0. The summed E-state index contributed by atoms with van der Waals surface area (Å²) in [6, 6.07) is 127. The van der Waals surface area contributed by atoms with Crippen molar-refractivity contribution >= 4 is 120 Å². The van der Waals surface area contributed by atoms with Gasteiger partial charge in [0, 0.05) is 82.2 Å². The number of benzene rings is 15. The highest BCUT2D eigenvalue weighted by Crippen LogP contribution is 2.43. The van der Waals surface area contributed by atoms with Gasteiger partial charge in [0.05, 0.1) is 66.6 Å². The molecule has 100 heavy (non-hydrogen) atoms. The smallest absolute Gasteiger partial charge is 0.0710 e. The quantitative estimate of drug-likeness (QED) is 0.118. The van der Waals surface area contributed by atoms with Crippen LogP contribution in [-0.2, 0) is 0 Å². The van der Waals surface area contributed by atoms with Crippen LogP contribution in [0.5, 0.6) is 0 Å². The topological polar surface area (TPSA) is 60.5 Å². The zero-order valence-corrected chi connectivity index (χ0v) is 54.3. The first-order chi connectivity index (χ1) is 49.5. The van der Waals surface area contributed by atoms with Crippen LogP contribution in [0.3, 0.4) is 0 Å². The van der Waals surface area contributed by atoms with Gasteiger partial charge in [0.1, 0.15) is 0 Å². The molecule has 0 aliphatic carbocycles. The van der Waals surface area contributed by atoms with E-state index in [0.717, 1.165) is 111 Å². The lowest BCUT2D eigenvalue weighted by Crippen LogP contribution is -2.15. The number of fused-ring (bicyclic) bond motifs is 15. The molecule has 20 aromatic rings. The van der Waals surface area contributed by atoms with Crippen molar-refractivity contribution in [1.29, 1.82) is 5.41 Å². The van der Waals surface area contributed by atoms with Gasteiger partial charge in [0.2, 0.25) is 0 Å². The zero-order valence-electron chi connectivity index (χ0n) is 54.3. The summed E-state index contributed by atoms with van der Waals surface area (Å²) < 4.78 is 11.8. The van der Waals surface area contributed by atoms with Crippen LogP contribution in [-0.4, -0.2) is 28.7 Å². The molecule has 0 unspecified atom stereocenters. The minimum Gasteiger partial charge on any atom is -0.309 e. The van der Waals surface area contributed by atoms with E-state index in [1.807, 2.05) is 36.4 Å². The van der Waals surface area contributed by atoms with E-state index in [1.54, 1.807) is 0 Å². The van der Waals surface area contributed by atoms with Gasteiger partial charge in [0.15, 0.2) is 0 Å². The number of para-hydroxylation sites is 7. The first kappa shape index (κ1) is 56.8. The van der Waals surface area contributed by atoms with Crippen molar-refractivity contribution in [3.8, 4) is 56.1 Å². The Hall–Kier alpha value is -13.5. The lowest BCUT2D eigenvalue weighted by atomic mass is 9.98. The lowest BCUT2D eigenvalue weighted by molar-refractivity contribution is 1.06. The second-order valence-electron chi connectivity index (χ2n) is 26.1. The van der Waals surface area contributed by atoms with Crippen LogP contribution in [0.1, 0.15) is 11.1 Å². The van der Waals surface area contributed by atoms with E-state index in [-0.39, 0.29) is 0 Å². The van der Waals surface area contributed by atoms with Crippen LogP contribution in [0.25, 0.3) is 171 Å². The number of hydrogen-bond acceptors (Lipinski definition) is 2. The summed E-state index contributed by atoms with van der Waals surface area (Å²) in [5, 5.41) is 21.6. The molecule has 7 heteroatoms. The van der Waals surface area contributed by atoms with E-state index in [2.05, 4.69) is 350 Å². The van der Waals surface area contributed by atoms with E-state index < -0.39 is 0 Å². The fraction of sp³-hybridized carbons (Fsp3) is 0. The second-order valence-corrected chi connectivity index (χ2v) is 26.1. The lowest BCUT2D eigenvalue weighted by Gasteiger charge is -2.18. The summed E-state index contributed by atoms with van der Waals surface area (Å²) in [5.41, 5.74) is 29.5. The van der Waals surface area contributed by atoms with Crippen molar-refractivity contribution in [2.75, 3.05) is 5.43 Å². The van der Waals surface area contributed by atoms with Crippen LogP contribution in [0, 0.1) is 5.41 Å². The predicted molar refractivity (Wildman–Crippen MR) is 420 cm³/mol. The monoisotopic (exact) mass is 1280 g/mol. The molecule has 0 fully saturated rings. The van der Waals surface area contributed by atoms with Gasteiger partial charge in [0.25, 0.3) is 0 Å². The Balaban J connectivity index is 0.739. The molecule has 0 spiro atoms. The Morgan fingerprint density at radius 3 is 0.830 bits per heavy atom. The Bertz CT molecular complexity index is 6530. The van der Waals surface area contributed by atoms with Crippen molar-refractivity contribution in [3.63, 3.8) is 0 Å². The molecule has 20 rings (SSSR count). The number of rotatable bonds is 12. The summed E-state index contributed by atoms with van der Waals surface area (Å²) in [7, 11) is 0. The molecular formula is C93H61N7. The summed E-state index contributed by atoms with van der Waals surface area (Å²) in [5.74, 6) is 0. The number of aromatic nitrogens is 5. The van der Waals surface area contributed by atoms with Crippen molar-refractivity contribution in [1.82, 2.24) is 22.9 Å². The van der Waals surface area contributed by atoms with Crippen molar-refractivity contribution < 1.29 is 0 Å². The minimum atomic E-state index is 0.388. The normalized spacial score (nSPS) is 12.1. The maximum absolute atomic E-state index is 9.82. The average molecular weight is 1280 g/mol. The number of hydrogen-bond donors (Lipinski definition) is 2. The van der Waals surface area contributed by atoms with E-state index in [4.69, 9.17) is 0 Å². The molecule has 0 atom stereocenters. The molecule has 0 saturated heterocycles. The van der Waals surface area contributed by atoms with Gasteiger partial charge in [-0.15, -0.1) is 0 Å². The van der Waals surface area contributed by atoms with Gasteiger partial charge in [-0.25, -0.2) is 0 Å². The molecule has 0 aliphatic rings. The van der Waals surface area contributed by atoms with Crippen LogP contribution >= 0.6 is 0 Å². The standard InChI is InChI=1S/C93H61N7/c94-82(60-22-5-1-6-23-60)59-83(67-24-21-31-71(52-67)99-87-39-20-16-35-75(87)79-56-62(43-49-91(79)99)61-40-46-88-76(53-61)72-32-13-17-36-84(72)96(88)68-25-7-2-8-26-68)95-100-92-50-44-65(63-41-47-89-77(54-63)73-33-14-18-37-85(73)97(89)69-27-9-3-10-28-69)57-80(92)81-58-66(45-51-93(81)100)64-42-48-90-78(55-64)74-34-15-19-38-86(74)98(90)70-29-11-4-12-30-70/h1-59,94-95H/b83-59-,94-82?. The third-order valence-corrected chi connectivity index (χ3v) is 20.5. The second kappa shape index (κ2) is 22.8. The van der Waals surface area contributed by atoms with Crippen LogP contribution in [0.2, 0.25) is 0 Å². The van der Waals surface area contributed by atoms with E-state index in [1.165, 1.54) is 70.7 Å². The molecule has 468 valence electrons. The zero-order chi connectivity index (χ0) is 65.9. The third-order valence-electron chi connectivity index (χ3n) is 20.5. The summed E-state index contributed by atoms with van der Waals surface area (Å²) in [6.07, 6.45) is 1.99. The maximum atomic E-state index is 9.82. The van der Waals surface area contributed by atoms with Crippen LogP contribution in [0.4, 0.5) is 0 Å². The van der Waals surface area contributed by atoms with Crippen LogP contribution < -0.4 is 5.43 Å². The van der Waals surface area contributed by atoms with Gasteiger partial charge in [-0.1, -0.05) is 206 Å². The first-order valence-electron chi connectivity index (χ1n) is 34.1. The molecule has 5 heterocycles. The molecular weight excluding hydrogens is 1220 g/mol. The van der Waals surface area contributed by atoms with Crippen LogP contribution in [0.15, 0.2) is 358 Å². The van der Waals surface area contributed by atoms with Gasteiger partial charge >= 0.3 is 0 Å². The summed E-state index contributed by atoms with van der Waals surface area (Å²) in [6.45, 7) is 0. The Kier molecular flexibility index (Phi) is 13.0. The fourth-order valence-electron chi connectivity index (χ4n) is 15.9.